The van der Waals surface area contributed by atoms with E-state index in [1.54, 1.807) is 6.26 Å². The topological polar surface area (TPSA) is 43.4 Å². The van der Waals surface area contributed by atoms with Gasteiger partial charge in [0.2, 0.25) is 0 Å². The molecule has 3 heteroatoms. The molecule has 0 aliphatic heterocycles. The molecule has 0 amide bonds. The Balaban J connectivity index is 2.60. The zero-order chi connectivity index (χ0) is 13.7. The van der Waals surface area contributed by atoms with Crippen molar-refractivity contribution in [3.8, 4) is 0 Å². The fourth-order valence-electron chi connectivity index (χ4n) is 2.73. The SMILES string of the molecule is CCc1c(C)c2cc3c(C)coc3c(C)c2oc1=O. The van der Waals surface area contributed by atoms with E-state index >= 15 is 0 Å². The highest BCUT2D eigenvalue weighted by Gasteiger charge is 2.16. The van der Waals surface area contributed by atoms with Crippen LogP contribution in [-0.4, -0.2) is 0 Å². The van der Waals surface area contributed by atoms with E-state index < -0.39 is 0 Å². The molecule has 0 fully saturated rings. The first-order valence-electron chi connectivity index (χ1n) is 6.48. The van der Waals surface area contributed by atoms with E-state index in [9.17, 15) is 4.79 Å². The lowest BCUT2D eigenvalue weighted by Gasteiger charge is -2.08. The molecule has 98 valence electrons. The maximum Gasteiger partial charge on any atom is 0.339 e. The van der Waals surface area contributed by atoms with Crippen molar-refractivity contribution < 1.29 is 8.83 Å². The second-order valence-corrected chi connectivity index (χ2v) is 5.02. The van der Waals surface area contributed by atoms with E-state index in [-0.39, 0.29) is 5.63 Å². The van der Waals surface area contributed by atoms with Gasteiger partial charge in [0.05, 0.1) is 6.26 Å². The van der Waals surface area contributed by atoms with Gasteiger partial charge in [-0.1, -0.05) is 6.92 Å². The van der Waals surface area contributed by atoms with Crippen molar-refractivity contribution in [1.29, 1.82) is 0 Å². The molecule has 0 radical (unpaired) electrons. The van der Waals surface area contributed by atoms with E-state index in [2.05, 4.69) is 6.07 Å². The predicted molar refractivity (Wildman–Crippen MR) is 75.8 cm³/mol. The third kappa shape index (κ3) is 1.54. The van der Waals surface area contributed by atoms with Gasteiger partial charge in [-0.2, -0.15) is 0 Å². The molecule has 0 unspecified atom stereocenters. The van der Waals surface area contributed by atoms with Gasteiger partial charge < -0.3 is 8.83 Å². The lowest BCUT2D eigenvalue weighted by atomic mass is 9.99. The molecule has 3 rings (SSSR count). The van der Waals surface area contributed by atoms with Crippen molar-refractivity contribution in [2.45, 2.75) is 34.1 Å². The number of rotatable bonds is 1. The van der Waals surface area contributed by atoms with Crippen LogP contribution in [0.25, 0.3) is 21.9 Å². The smallest absolute Gasteiger partial charge is 0.339 e. The van der Waals surface area contributed by atoms with Crippen molar-refractivity contribution in [3.63, 3.8) is 0 Å². The third-order valence-corrected chi connectivity index (χ3v) is 3.89. The lowest BCUT2D eigenvalue weighted by molar-refractivity contribution is 0.545. The van der Waals surface area contributed by atoms with E-state index in [0.29, 0.717) is 12.0 Å². The Hall–Kier alpha value is -2.03. The van der Waals surface area contributed by atoms with E-state index in [1.807, 2.05) is 27.7 Å². The summed E-state index contributed by atoms with van der Waals surface area (Å²) >= 11 is 0. The minimum Gasteiger partial charge on any atom is -0.464 e. The van der Waals surface area contributed by atoms with Crippen LogP contribution >= 0.6 is 0 Å². The summed E-state index contributed by atoms with van der Waals surface area (Å²) in [5.74, 6) is 0. The van der Waals surface area contributed by atoms with Crippen LogP contribution in [0.4, 0.5) is 0 Å². The van der Waals surface area contributed by atoms with Crippen LogP contribution in [0.5, 0.6) is 0 Å². The fraction of sp³-hybridized carbons (Fsp3) is 0.312. The van der Waals surface area contributed by atoms with Gasteiger partial charge in [-0.15, -0.1) is 0 Å². The Bertz CT molecular complexity index is 850. The van der Waals surface area contributed by atoms with Gasteiger partial charge in [-0.25, -0.2) is 4.79 Å². The second-order valence-electron chi connectivity index (χ2n) is 5.02. The summed E-state index contributed by atoms with van der Waals surface area (Å²) in [7, 11) is 0. The Morgan fingerprint density at radius 3 is 2.47 bits per heavy atom. The van der Waals surface area contributed by atoms with Crippen LogP contribution in [0.2, 0.25) is 0 Å². The highest BCUT2D eigenvalue weighted by Crippen LogP contribution is 2.32. The van der Waals surface area contributed by atoms with Crippen molar-refractivity contribution in [2.24, 2.45) is 0 Å². The third-order valence-electron chi connectivity index (χ3n) is 3.89. The summed E-state index contributed by atoms with van der Waals surface area (Å²) in [5, 5.41) is 2.09. The first-order valence-corrected chi connectivity index (χ1v) is 6.48. The van der Waals surface area contributed by atoms with Crippen molar-refractivity contribution >= 4 is 21.9 Å². The van der Waals surface area contributed by atoms with E-state index in [0.717, 1.165) is 38.6 Å². The van der Waals surface area contributed by atoms with Gasteiger partial charge in [0, 0.05) is 21.9 Å². The van der Waals surface area contributed by atoms with Crippen LogP contribution in [0.3, 0.4) is 0 Å². The molecule has 0 bridgehead atoms. The minimum absolute atomic E-state index is 0.238. The summed E-state index contributed by atoms with van der Waals surface area (Å²) in [6.45, 7) is 7.91. The molecule has 1 aromatic carbocycles. The minimum atomic E-state index is -0.238. The molecular formula is C16H16O3. The van der Waals surface area contributed by atoms with Crippen LogP contribution in [0.1, 0.15) is 29.2 Å². The second kappa shape index (κ2) is 3.98. The molecule has 3 nitrogen and oxygen atoms in total. The number of benzene rings is 1. The van der Waals surface area contributed by atoms with Gasteiger partial charge >= 0.3 is 5.63 Å². The highest BCUT2D eigenvalue weighted by atomic mass is 16.4. The first kappa shape index (κ1) is 12.0. The summed E-state index contributed by atoms with van der Waals surface area (Å²) in [6.07, 6.45) is 2.43. The average Bonchev–Trinajstić information content (AvgIpc) is 2.74. The van der Waals surface area contributed by atoms with E-state index in [4.69, 9.17) is 8.83 Å². The standard InChI is InChI=1S/C16H16O3/c1-5-11-9(3)13-6-12-8(2)7-18-14(12)10(4)15(13)19-16(11)17/h6-7H,5H2,1-4H3. The molecule has 0 aliphatic carbocycles. The number of hydrogen-bond donors (Lipinski definition) is 0. The van der Waals surface area contributed by atoms with Gasteiger partial charge in [0.1, 0.15) is 11.2 Å². The number of furan rings is 1. The monoisotopic (exact) mass is 256 g/mol. The zero-order valence-corrected chi connectivity index (χ0v) is 11.6. The Labute approximate surface area is 110 Å². The van der Waals surface area contributed by atoms with Crippen molar-refractivity contribution in [1.82, 2.24) is 0 Å². The van der Waals surface area contributed by atoms with Gasteiger partial charge in [-0.05, 0) is 44.4 Å². The molecule has 19 heavy (non-hydrogen) atoms. The van der Waals surface area contributed by atoms with Crippen molar-refractivity contribution in [3.05, 3.63) is 45.0 Å². The molecule has 0 atom stereocenters. The zero-order valence-electron chi connectivity index (χ0n) is 11.6. The van der Waals surface area contributed by atoms with E-state index in [1.165, 1.54) is 0 Å². The van der Waals surface area contributed by atoms with Gasteiger partial charge in [0.25, 0.3) is 0 Å². The van der Waals surface area contributed by atoms with Crippen LogP contribution in [-0.2, 0) is 6.42 Å². The van der Waals surface area contributed by atoms with Gasteiger partial charge in [0.15, 0.2) is 0 Å². The highest BCUT2D eigenvalue weighted by molar-refractivity contribution is 5.99. The molecular weight excluding hydrogens is 240 g/mol. The normalized spacial score (nSPS) is 11.6. The van der Waals surface area contributed by atoms with Crippen molar-refractivity contribution in [2.75, 3.05) is 0 Å². The quantitative estimate of drug-likeness (QED) is 0.617. The summed E-state index contributed by atoms with van der Waals surface area (Å²) in [5.41, 5.74) is 4.97. The molecule has 0 aliphatic rings. The maximum absolute atomic E-state index is 12.0. The number of aryl methyl sites for hydroxylation is 3. The Kier molecular flexibility index (Phi) is 2.52. The molecule has 0 spiro atoms. The molecule has 0 N–H and O–H groups in total. The molecule has 3 aromatic rings. The summed E-state index contributed by atoms with van der Waals surface area (Å²) in [4.78, 5) is 12.0. The first-order chi connectivity index (χ1) is 9.04. The van der Waals surface area contributed by atoms with Gasteiger partial charge in [-0.3, -0.25) is 0 Å². The summed E-state index contributed by atoms with van der Waals surface area (Å²) < 4.78 is 11.1. The maximum atomic E-state index is 12.0. The predicted octanol–water partition coefficient (Wildman–Crippen LogP) is 4.03. The molecule has 2 aromatic heterocycles. The molecule has 0 saturated heterocycles. The lowest BCUT2D eigenvalue weighted by Crippen LogP contribution is -2.09. The fourth-order valence-corrected chi connectivity index (χ4v) is 2.73. The Morgan fingerprint density at radius 1 is 1.05 bits per heavy atom. The van der Waals surface area contributed by atoms with Crippen LogP contribution < -0.4 is 5.63 Å². The number of hydrogen-bond acceptors (Lipinski definition) is 3. The van der Waals surface area contributed by atoms with Crippen LogP contribution in [0.15, 0.2) is 26.0 Å². The molecule has 2 heterocycles. The Morgan fingerprint density at radius 2 is 1.79 bits per heavy atom. The van der Waals surface area contributed by atoms with Crippen LogP contribution in [0, 0.1) is 20.8 Å². The average molecular weight is 256 g/mol. The largest absolute Gasteiger partial charge is 0.464 e. The summed E-state index contributed by atoms with van der Waals surface area (Å²) in [6, 6.07) is 2.06. The number of fused-ring (bicyclic) bond motifs is 2. The molecule has 0 saturated carbocycles.